The van der Waals surface area contributed by atoms with Crippen LogP contribution in [0.3, 0.4) is 0 Å². The number of hydrogen-bond acceptors (Lipinski definition) is 6. The van der Waals surface area contributed by atoms with Gasteiger partial charge >= 0.3 is 11.9 Å². The van der Waals surface area contributed by atoms with Crippen molar-refractivity contribution in [2.24, 2.45) is 5.92 Å². The molecular formula is C14H19NO5S. The number of ether oxygens (including phenoxy) is 2. The highest BCUT2D eigenvalue weighted by Gasteiger charge is 2.28. The van der Waals surface area contributed by atoms with E-state index in [0.29, 0.717) is 30.4 Å². The number of thioether (sulfide) groups is 1. The van der Waals surface area contributed by atoms with Gasteiger partial charge in [0.2, 0.25) is 5.91 Å². The average molecular weight is 313 g/mol. The number of methoxy groups -OCH3 is 1. The van der Waals surface area contributed by atoms with Crippen LogP contribution in [0, 0.1) is 5.92 Å². The second kappa shape index (κ2) is 7.49. The lowest BCUT2D eigenvalue weighted by Gasteiger charge is -2.23. The number of carbonyl (C=O) groups is 3. The normalized spacial score (nSPS) is 20.5. The number of carbonyl (C=O) groups excluding carboxylic acids is 3. The Hall–Kier alpha value is -1.50. The van der Waals surface area contributed by atoms with Crippen LogP contribution in [0.1, 0.15) is 25.7 Å². The molecule has 0 unspecified atom stereocenters. The standard InChI is InChI=1S/C14H19NO5S/c1-19-13(17)8-12-15(11(16)9-21-12)6-3-7-20-14(18)10-4-2-5-10/h8,10H,2-7,9H2,1H3/b12-8-. The first kappa shape index (κ1) is 15.9. The van der Waals surface area contributed by atoms with Gasteiger partial charge in [-0.25, -0.2) is 4.79 Å². The molecule has 0 radical (unpaired) electrons. The molecule has 2 fully saturated rings. The van der Waals surface area contributed by atoms with Crippen molar-refractivity contribution in [3.8, 4) is 0 Å². The van der Waals surface area contributed by atoms with Crippen LogP contribution in [0.2, 0.25) is 0 Å². The van der Waals surface area contributed by atoms with E-state index in [-0.39, 0.29) is 17.8 Å². The summed E-state index contributed by atoms with van der Waals surface area (Å²) in [5.74, 6) is -0.253. The summed E-state index contributed by atoms with van der Waals surface area (Å²) >= 11 is 1.31. The Morgan fingerprint density at radius 1 is 1.43 bits per heavy atom. The summed E-state index contributed by atoms with van der Waals surface area (Å²) in [6.45, 7) is 0.738. The zero-order chi connectivity index (χ0) is 15.2. The van der Waals surface area contributed by atoms with Gasteiger partial charge in [-0.15, -0.1) is 0 Å². The zero-order valence-corrected chi connectivity index (χ0v) is 12.8. The van der Waals surface area contributed by atoms with Gasteiger partial charge in [-0.05, 0) is 19.3 Å². The maximum atomic E-state index is 11.8. The molecule has 0 spiro atoms. The molecule has 2 aliphatic rings. The van der Waals surface area contributed by atoms with Crippen LogP contribution in [-0.4, -0.2) is 48.8 Å². The number of amides is 1. The fraction of sp³-hybridized carbons (Fsp3) is 0.643. The van der Waals surface area contributed by atoms with Crippen LogP contribution in [0.25, 0.3) is 0 Å². The lowest BCUT2D eigenvalue weighted by molar-refractivity contribution is -0.151. The molecule has 21 heavy (non-hydrogen) atoms. The van der Waals surface area contributed by atoms with Crippen molar-refractivity contribution >= 4 is 29.6 Å². The van der Waals surface area contributed by atoms with E-state index in [4.69, 9.17) is 4.74 Å². The number of nitrogens with zero attached hydrogens (tertiary/aromatic N) is 1. The fourth-order valence-electron chi connectivity index (χ4n) is 2.09. The lowest BCUT2D eigenvalue weighted by atomic mass is 9.86. The largest absolute Gasteiger partial charge is 0.466 e. The summed E-state index contributed by atoms with van der Waals surface area (Å²) < 4.78 is 9.75. The predicted octanol–water partition coefficient (Wildman–Crippen LogP) is 1.31. The van der Waals surface area contributed by atoms with E-state index in [0.717, 1.165) is 19.3 Å². The monoisotopic (exact) mass is 313 g/mol. The van der Waals surface area contributed by atoms with Crippen molar-refractivity contribution in [2.75, 3.05) is 26.0 Å². The minimum Gasteiger partial charge on any atom is -0.466 e. The van der Waals surface area contributed by atoms with Gasteiger partial charge in [0, 0.05) is 6.54 Å². The van der Waals surface area contributed by atoms with Crippen LogP contribution in [0.15, 0.2) is 11.1 Å². The molecule has 1 saturated heterocycles. The summed E-state index contributed by atoms with van der Waals surface area (Å²) in [4.78, 5) is 36.1. The molecular weight excluding hydrogens is 294 g/mol. The fourth-order valence-corrected chi connectivity index (χ4v) is 3.04. The molecule has 0 aromatic rings. The second-order valence-electron chi connectivity index (χ2n) is 4.99. The zero-order valence-electron chi connectivity index (χ0n) is 12.0. The predicted molar refractivity (Wildman–Crippen MR) is 77.2 cm³/mol. The first-order chi connectivity index (χ1) is 10.1. The molecule has 7 heteroatoms. The van der Waals surface area contributed by atoms with Gasteiger partial charge in [-0.2, -0.15) is 0 Å². The third-order valence-corrected chi connectivity index (χ3v) is 4.59. The van der Waals surface area contributed by atoms with E-state index < -0.39 is 5.97 Å². The third kappa shape index (κ3) is 4.23. The minimum absolute atomic E-state index is 0.0412. The van der Waals surface area contributed by atoms with Crippen molar-refractivity contribution < 1.29 is 23.9 Å². The highest BCUT2D eigenvalue weighted by atomic mass is 32.2. The molecule has 0 atom stereocenters. The molecule has 1 aliphatic carbocycles. The molecule has 1 heterocycles. The molecule has 1 amide bonds. The van der Waals surface area contributed by atoms with Gasteiger partial charge < -0.3 is 14.4 Å². The smallest absolute Gasteiger partial charge is 0.333 e. The van der Waals surface area contributed by atoms with Crippen LogP contribution in [0.4, 0.5) is 0 Å². The summed E-state index contributed by atoms with van der Waals surface area (Å²) in [5.41, 5.74) is 0. The van der Waals surface area contributed by atoms with Crippen molar-refractivity contribution in [2.45, 2.75) is 25.7 Å². The first-order valence-electron chi connectivity index (χ1n) is 7.01. The minimum atomic E-state index is -0.478. The van der Waals surface area contributed by atoms with Gasteiger partial charge in [0.1, 0.15) is 0 Å². The number of rotatable bonds is 6. The second-order valence-corrected chi connectivity index (χ2v) is 5.98. The Balaban J connectivity index is 1.74. The number of esters is 2. The lowest BCUT2D eigenvalue weighted by Crippen LogP contribution is -2.28. The summed E-state index contributed by atoms with van der Waals surface area (Å²) in [6, 6.07) is 0. The molecule has 6 nitrogen and oxygen atoms in total. The Kier molecular flexibility index (Phi) is 5.67. The van der Waals surface area contributed by atoms with Gasteiger partial charge in [-0.3, -0.25) is 9.59 Å². The van der Waals surface area contributed by atoms with E-state index >= 15 is 0 Å². The summed E-state index contributed by atoms with van der Waals surface area (Å²) in [6.07, 6.45) is 4.82. The van der Waals surface area contributed by atoms with Crippen LogP contribution >= 0.6 is 11.8 Å². The quantitative estimate of drug-likeness (QED) is 0.418. The number of hydrogen-bond donors (Lipinski definition) is 0. The van der Waals surface area contributed by atoms with Crippen LogP contribution in [-0.2, 0) is 23.9 Å². The summed E-state index contributed by atoms with van der Waals surface area (Å²) in [5, 5.41) is 0.595. The molecule has 2 rings (SSSR count). The van der Waals surface area contributed by atoms with Crippen molar-refractivity contribution in [3.05, 3.63) is 11.1 Å². The molecule has 1 saturated carbocycles. The maximum absolute atomic E-state index is 11.8. The van der Waals surface area contributed by atoms with Crippen molar-refractivity contribution in [3.63, 3.8) is 0 Å². The van der Waals surface area contributed by atoms with E-state index in [2.05, 4.69) is 4.74 Å². The van der Waals surface area contributed by atoms with Crippen LogP contribution in [0.5, 0.6) is 0 Å². The Bertz CT molecular complexity index is 458. The van der Waals surface area contributed by atoms with Crippen molar-refractivity contribution in [1.82, 2.24) is 4.90 Å². The summed E-state index contributed by atoms with van der Waals surface area (Å²) in [7, 11) is 1.30. The molecule has 0 N–H and O–H groups in total. The van der Waals surface area contributed by atoms with Gasteiger partial charge in [0.05, 0.1) is 36.5 Å². The highest BCUT2D eigenvalue weighted by molar-refractivity contribution is 8.04. The van der Waals surface area contributed by atoms with E-state index in [1.165, 1.54) is 24.9 Å². The van der Waals surface area contributed by atoms with Gasteiger partial charge in [0.15, 0.2) is 0 Å². The van der Waals surface area contributed by atoms with E-state index in [1.54, 1.807) is 4.90 Å². The highest BCUT2D eigenvalue weighted by Crippen LogP contribution is 2.29. The first-order valence-corrected chi connectivity index (χ1v) is 8.00. The molecule has 0 bridgehead atoms. The maximum Gasteiger partial charge on any atom is 0.333 e. The Labute approximate surface area is 127 Å². The third-order valence-electron chi connectivity index (χ3n) is 3.56. The SMILES string of the molecule is COC(=O)/C=C1\SCC(=O)N1CCCOC(=O)C1CCC1. The molecule has 1 aliphatic heterocycles. The van der Waals surface area contributed by atoms with E-state index in [1.807, 2.05) is 0 Å². The van der Waals surface area contributed by atoms with Gasteiger partial charge in [0.25, 0.3) is 0 Å². The van der Waals surface area contributed by atoms with Crippen molar-refractivity contribution in [1.29, 1.82) is 0 Å². The Morgan fingerprint density at radius 3 is 2.81 bits per heavy atom. The topological polar surface area (TPSA) is 72.9 Å². The van der Waals surface area contributed by atoms with Gasteiger partial charge in [-0.1, -0.05) is 18.2 Å². The molecule has 116 valence electrons. The van der Waals surface area contributed by atoms with E-state index in [9.17, 15) is 14.4 Å². The molecule has 0 aromatic heterocycles. The van der Waals surface area contributed by atoms with Crippen LogP contribution < -0.4 is 0 Å². The Morgan fingerprint density at radius 2 is 2.19 bits per heavy atom. The average Bonchev–Trinajstić information content (AvgIpc) is 2.73. The molecule has 0 aromatic carbocycles.